The Morgan fingerprint density at radius 1 is 1.35 bits per heavy atom. The fraction of sp³-hybridized carbons (Fsp3) is 0.562. The molecule has 4 heteroatoms. The van der Waals surface area contributed by atoms with Crippen molar-refractivity contribution in [2.45, 2.75) is 58.7 Å². The van der Waals surface area contributed by atoms with Crippen LogP contribution in [0.4, 0.5) is 4.39 Å². The Balaban J connectivity index is 1.93. The normalized spacial score (nSPS) is 22.6. The van der Waals surface area contributed by atoms with E-state index in [9.17, 15) is 9.18 Å². The van der Waals surface area contributed by atoms with Crippen LogP contribution in [0.3, 0.4) is 0 Å². The topological polar surface area (TPSA) is 41.1 Å². The molecule has 0 aliphatic carbocycles. The van der Waals surface area contributed by atoms with E-state index >= 15 is 0 Å². The van der Waals surface area contributed by atoms with E-state index in [1.165, 1.54) is 0 Å². The number of amides is 1. The zero-order valence-corrected chi connectivity index (χ0v) is 12.4. The third-order valence-corrected chi connectivity index (χ3v) is 3.90. The highest BCUT2D eigenvalue weighted by Gasteiger charge is 2.23. The zero-order valence-electron chi connectivity index (χ0n) is 12.4. The lowest BCUT2D eigenvalue weighted by Crippen LogP contribution is -2.49. The fourth-order valence-electron chi connectivity index (χ4n) is 2.80. The van der Waals surface area contributed by atoms with Gasteiger partial charge >= 0.3 is 0 Å². The van der Waals surface area contributed by atoms with E-state index in [2.05, 4.69) is 17.6 Å². The standard InChI is InChI=1S/C16H23FN2O/c1-10-7-13(8-11(2)15(10)17)9-18-16(20)14-6-4-5-12(3)19-14/h7-8,12,14,19H,4-6,9H2,1-3H3,(H,18,20). The maximum absolute atomic E-state index is 13.5. The molecule has 0 saturated carbocycles. The van der Waals surface area contributed by atoms with Crippen molar-refractivity contribution in [3.63, 3.8) is 0 Å². The Hall–Kier alpha value is -1.42. The van der Waals surface area contributed by atoms with Gasteiger partial charge in [-0.25, -0.2) is 4.39 Å². The highest BCUT2D eigenvalue weighted by molar-refractivity contribution is 5.81. The van der Waals surface area contributed by atoms with Gasteiger partial charge in [-0.3, -0.25) is 4.79 Å². The van der Waals surface area contributed by atoms with E-state index in [0.29, 0.717) is 23.7 Å². The van der Waals surface area contributed by atoms with Crippen LogP contribution in [-0.4, -0.2) is 18.0 Å². The maximum atomic E-state index is 13.5. The molecule has 2 unspecified atom stereocenters. The number of nitrogens with one attached hydrogen (secondary N) is 2. The Labute approximate surface area is 120 Å². The van der Waals surface area contributed by atoms with Crippen LogP contribution in [0.1, 0.15) is 42.9 Å². The zero-order chi connectivity index (χ0) is 14.7. The average Bonchev–Trinajstić information content (AvgIpc) is 2.42. The molecular weight excluding hydrogens is 255 g/mol. The van der Waals surface area contributed by atoms with Crippen molar-refractivity contribution in [1.82, 2.24) is 10.6 Å². The van der Waals surface area contributed by atoms with E-state index in [4.69, 9.17) is 0 Å². The van der Waals surface area contributed by atoms with Crippen LogP contribution in [0.2, 0.25) is 0 Å². The summed E-state index contributed by atoms with van der Waals surface area (Å²) >= 11 is 0. The number of aryl methyl sites for hydroxylation is 2. The molecule has 2 N–H and O–H groups in total. The lowest BCUT2D eigenvalue weighted by molar-refractivity contribution is -0.124. The molecule has 110 valence electrons. The average molecular weight is 278 g/mol. The second-order valence-corrected chi connectivity index (χ2v) is 5.81. The van der Waals surface area contributed by atoms with Crippen molar-refractivity contribution >= 4 is 5.91 Å². The summed E-state index contributed by atoms with van der Waals surface area (Å²) in [5, 5.41) is 6.25. The summed E-state index contributed by atoms with van der Waals surface area (Å²) in [7, 11) is 0. The predicted octanol–water partition coefficient (Wildman–Crippen LogP) is 2.59. The molecule has 1 heterocycles. The van der Waals surface area contributed by atoms with E-state index in [0.717, 1.165) is 24.8 Å². The predicted molar refractivity (Wildman–Crippen MR) is 78.0 cm³/mol. The Kier molecular flexibility index (Phi) is 4.76. The third kappa shape index (κ3) is 3.57. The number of halogens is 1. The van der Waals surface area contributed by atoms with Crippen LogP contribution in [0, 0.1) is 19.7 Å². The van der Waals surface area contributed by atoms with Crippen LogP contribution < -0.4 is 10.6 Å². The summed E-state index contributed by atoms with van der Waals surface area (Å²) in [6.45, 7) is 6.05. The van der Waals surface area contributed by atoms with Crippen LogP contribution in [0.5, 0.6) is 0 Å². The molecule has 1 aromatic rings. The molecule has 1 saturated heterocycles. The minimum Gasteiger partial charge on any atom is -0.351 e. The molecule has 3 nitrogen and oxygen atoms in total. The SMILES string of the molecule is Cc1cc(CNC(=O)C2CCCC(C)N2)cc(C)c1F. The van der Waals surface area contributed by atoms with Crippen molar-refractivity contribution in [2.24, 2.45) is 0 Å². The molecule has 2 atom stereocenters. The Bertz CT molecular complexity index is 478. The molecule has 2 rings (SSSR count). The highest BCUT2D eigenvalue weighted by atomic mass is 19.1. The highest BCUT2D eigenvalue weighted by Crippen LogP contribution is 2.15. The van der Waals surface area contributed by atoms with Gasteiger partial charge in [-0.05, 0) is 56.7 Å². The van der Waals surface area contributed by atoms with Crippen LogP contribution in [-0.2, 0) is 11.3 Å². The van der Waals surface area contributed by atoms with Gasteiger partial charge in [0, 0.05) is 12.6 Å². The van der Waals surface area contributed by atoms with Gasteiger partial charge in [0.05, 0.1) is 6.04 Å². The van der Waals surface area contributed by atoms with E-state index in [1.54, 1.807) is 26.0 Å². The molecule has 1 amide bonds. The molecule has 20 heavy (non-hydrogen) atoms. The summed E-state index contributed by atoms with van der Waals surface area (Å²) in [5.74, 6) is -0.126. The number of benzene rings is 1. The van der Waals surface area contributed by atoms with Gasteiger partial charge in [0.1, 0.15) is 5.82 Å². The van der Waals surface area contributed by atoms with Gasteiger partial charge in [0.2, 0.25) is 5.91 Å². The van der Waals surface area contributed by atoms with Gasteiger partial charge in [-0.15, -0.1) is 0 Å². The van der Waals surface area contributed by atoms with Gasteiger partial charge in [-0.2, -0.15) is 0 Å². The summed E-state index contributed by atoms with van der Waals surface area (Å²) < 4.78 is 13.5. The second kappa shape index (κ2) is 6.35. The van der Waals surface area contributed by atoms with Crippen LogP contribution >= 0.6 is 0 Å². The lowest BCUT2D eigenvalue weighted by atomic mass is 9.99. The first-order valence-electron chi connectivity index (χ1n) is 7.26. The van der Waals surface area contributed by atoms with Gasteiger partial charge in [0.15, 0.2) is 0 Å². The van der Waals surface area contributed by atoms with Crippen molar-refractivity contribution in [3.05, 3.63) is 34.6 Å². The first-order valence-corrected chi connectivity index (χ1v) is 7.26. The van der Waals surface area contributed by atoms with E-state index in [-0.39, 0.29) is 17.8 Å². The number of carbonyl (C=O) groups excluding carboxylic acids is 1. The van der Waals surface area contributed by atoms with E-state index < -0.39 is 0 Å². The first kappa shape index (κ1) is 15.0. The fourth-order valence-corrected chi connectivity index (χ4v) is 2.80. The molecule has 1 aliphatic rings. The van der Waals surface area contributed by atoms with Crippen molar-refractivity contribution in [3.8, 4) is 0 Å². The summed E-state index contributed by atoms with van der Waals surface area (Å²) in [4.78, 5) is 12.1. The lowest BCUT2D eigenvalue weighted by Gasteiger charge is -2.27. The molecule has 1 fully saturated rings. The van der Waals surface area contributed by atoms with E-state index in [1.807, 2.05) is 0 Å². The molecule has 1 aromatic carbocycles. The van der Waals surface area contributed by atoms with Gasteiger partial charge < -0.3 is 10.6 Å². The number of hydrogen-bond acceptors (Lipinski definition) is 2. The van der Waals surface area contributed by atoms with Crippen molar-refractivity contribution < 1.29 is 9.18 Å². The summed E-state index contributed by atoms with van der Waals surface area (Å²) in [6.07, 6.45) is 3.10. The summed E-state index contributed by atoms with van der Waals surface area (Å²) in [6, 6.07) is 3.88. The Morgan fingerprint density at radius 3 is 2.60 bits per heavy atom. The molecule has 0 bridgehead atoms. The third-order valence-electron chi connectivity index (χ3n) is 3.90. The monoisotopic (exact) mass is 278 g/mol. The smallest absolute Gasteiger partial charge is 0.237 e. The number of piperidine rings is 1. The van der Waals surface area contributed by atoms with Crippen LogP contribution in [0.25, 0.3) is 0 Å². The molecule has 0 spiro atoms. The quantitative estimate of drug-likeness (QED) is 0.892. The second-order valence-electron chi connectivity index (χ2n) is 5.81. The van der Waals surface area contributed by atoms with Crippen LogP contribution in [0.15, 0.2) is 12.1 Å². The molecule has 1 aliphatic heterocycles. The minimum atomic E-state index is -0.164. The number of carbonyl (C=O) groups is 1. The van der Waals surface area contributed by atoms with Gasteiger partial charge in [0.25, 0.3) is 0 Å². The van der Waals surface area contributed by atoms with Crippen molar-refractivity contribution in [1.29, 1.82) is 0 Å². The number of hydrogen-bond donors (Lipinski definition) is 2. The largest absolute Gasteiger partial charge is 0.351 e. The Morgan fingerprint density at radius 2 is 2.00 bits per heavy atom. The first-order chi connectivity index (χ1) is 9.47. The van der Waals surface area contributed by atoms with Crippen molar-refractivity contribution in [2.75, 3.05) is 0 Å². The minimum absolute atomic E-state index is 0.0381. The number of rotatable bonds is 3. The molecular formula is C16H23FN2O. The summed E-state index contributed by atoms with van der Waals surface area (Å²) in [5.41, 5.74) is 2.19. The maximum Gasteiger partial charge on any atom is 0.237 e. The molecule has 0 radical (unpaired) electrons. The molecule has 0 aromatic heterocycles. The van der Waals surface area contributed by atoms with Gasteiger partial charge in [-0.1, -0.05) is 12.1 Å².